The van der Waals surface area contributed by atoms with Crippen LogP contribution in [0.1, 0.15) is 44.4 Å². The summed E-state index contributed by atoms with van der Waals surface area (Å²) in [6.45, 7) is 23.9. The second kappa shape index (κ2) is 8.90. The minimum atomic E-state index is -2.59. The Morgan fingerprint density at radius 3 is 1.86 bits per heavy atom. The predicted molar refractivity (Wildman–Crippen MR) is 162 cm³/mol. The van der Waals surface area contributed by atoms with E-state index in [2.05, 4.69) is 141 Å². The third-order valence-electron chi connectivity index (χ3n) is 8.81. The van der Waals surface area contributed by atoms with E-state index in [0.29, 0.717) is 0 Å². The second-order valence-corrected chi connectivity index (χ2v) is 21.3. The highest BCUT2D eigenvalue weighted by Crippen LogP contribution is 2.53. The molecule has 2 heteroatoms. The van der Waals surface area contributed by atoms with Crippen LogP contribution in [0.15, 0.2) is 89.5 Å². The van der Waals surface area contributed by atoms with Crippen molar-refractivity contribution in [3.8, 4) is 0 Å². The third kappa shape index (κ3) is 3.95. The summed E-state index contributed by atoms with van der Waals surface area (Å²) < 4.78 is 0. The Morgan fingerprint density at radius 2 is 1.29 bits per heavy atom. The quantitative estimate of drug-likeness (QED) is 0.274. The van der Waals surface area contributed by atoms with Crippen molar-refractivity contribution in [3.63, 3.8) is 0 Å². The molecular formula is C33H42Si2. The molecule has 0 aliphatic heterocycles. The van der Waals surface area contributed by atoms with Crippen LogP contribution in [0.4, 0.5) is 0 Å². The number of hydrogen-bond acceptors (Lipinski definition) is 0. The predicted octanol–water partition coefficient (Wildman–Crippen LogP) is 6.68. The summed E-state index contributed by atoms with van der Waals surface area (Å²) in [6, 6.07) is 26.1. The van der Waals surface area contributed by atoms with E-state index in [9.17, 15) is 0 Å². The molecule has 3 aromatic carbocycles. The first kappa shape index (κ1) is 25.7. The molecule has 0 nitrogen and oxygen atoms in total. The topological polar surface area (TPSA) is 0 Å². The summed E-state index contributed by atoms with van der Waals surface area (Å²) in [6.07, 6.45) is 2.62. The molecule has 0 saturated heterocycles. The Balaban J connectivity index is 2.29. The fraction of sp³-hybridized carbons (Fsp3) is 0.333. The smallest absolute Gasteiger partial charge is 0.0730 e. The van der Waals surface area contributed by atoms with E-state index in [-0.39, 0.29) is 5.04 Å². The van der Waals surface area contributed by atoms with Gasteiger partial charge < -0.3 is 0 Å². The fourth-order valence-corrected chi connectivity index (χ4v) is 14.3. The van der Waals surface area contributed by atoms with E-state index in [1.165, 1.54) is 38.6 Å². The molecule has 1 aliphatic carbocycles. The van der Waals surface area contributed by atoms with E-state index in [0.717, 1.165) is 0 Å². The summed E-state index contributed by atoms with van der Waals surface area (Å²) in [5.74, 6) is 0. The molecule has 0 saturated carbocycles. The summed E-state index contributed by atoms with van der Waals surface area (Å²) in [4.78, 5) is 0. The molecule has 0 aromatic heterocycles. The lowest BCUT2D eigenvalue weighted by atomic mass is 10.0. The first-order valence-electron chi connectivity index (χ1n) is 13.0. The normalized spacial score (nSPS) is 20.1. The zero-order chi connectivity index (χ0) is 25.8. The first-order chi connectivity index (χ1) is 16.3. The average molecular weight is 495 g/mol. The minimum Gasteiger partial charge on any atom is -0.0730 e. The number of aryl methyl sites for hydroxylation is 2. The van der Waals surface area contributed by atoms with Crippen LogP contribution in [-0.4, -0.2) is 16.1 Å². The zero-order valence-electron chi connectivity index (χ0n) is 23.4. The van der Waals surface area contributed by atoms with Crippen LogP contribution in [0, 0.1) is 20.8 Å². The van der Waals surface area contributed by atoms with Gasteiger partial charge in [0.2, 0.25) is 0 Å². The van der Waals surface area contributed by atoms with Gasteiger partial charge in [-0.25, -0.2) is 0 Å². The van der Waals surface area contributed by atoms with Crippen LogP contribution < -0.4 is 20.7 Å². The molecule has 0 radical (unpaired) electrons. The van der Waals surface area contributed by atoms with E-state index in [1.807, 2.05) is 0 Å². The molecular weight excluding hydrogens is 453 g/mol. The molecule has 3 aromatic rings. The van der Waals surface area contributed by atoms with Crippen molar-refractivity contribution in [3.05, 3.63) is 106 Å². The van der Waals surface area contributed by atoms with Gasteiger partial charge in [-0.1, -0.05) is 121 Å². The number of rotatable bonds is 5. The fourth-order valence-electron chi connectivity index (χ4n) is 6.36. The third-order valence-corrected chi connectivity index (χ3v) is 16.6. The molecule has 2 atom stereocenters. The lowest BCUT2D eigenvalue weighted by Gasteiger charge is -2.48. The summed E-state index contributed by atoms with van der Waals surface area (Å²) >= 11 is 0. The summed E-state index contributed by atoms with van der Waals surface area (Å²) in [5, 5.41) is 6.10. The first-order valence-corrected chi connectivity index (χ1v) is 18.5. The average Bonchev–Trinajstić information content (AvgIpc) is 3.00. The Labute approximate surface area is 215 Å². The van der Waals surface area contributed by atoms with Gasteiger partial charge in [-0.05, 0) is 73.8 Å². The van der Waals surface area contributed by atoms with E-state index in [4.69, 9.17) is 0 Å². The van der Waals surface area contributed by atoms with Gasteiger partial charge in [-0.2, -0.15) is 0 Å². The Hall–Kier alpha value is -2.43. The van der Waals surface area contributed by atoms with Crippen LogP contribution in [0.5, 0.6) is 0 Å². The minimum absolute atomic E-state index is 0.0639. The van der Waals surface area contributed by atoms with E-state index < -0.39 is 16.1 Å². The standard InChI is InChI=1S/C33H42Si2/c1-23-19-30(34(8,9)10)21-31(20-23)35(29-16-12-11-13-17-29,32-18-14-15-24(2)27(32)5)33(7)22-25(3)26(4)28(33)6/h11-22H,1-10H3. The monoisotopic (exact) mass is 494 g/mol. The van der Waals surface area contributed by atoms with Crippen molar-refractivity contribution in [2.75, 3.05) is 0 Å². The van der Waals surface area contributed by atoms with Gasteiger partial charge in [-0.15, -0.1) is 0 Å². The summed E-state index contributed by atoms with van der Waals surface area (Å²) in [5.41, 5.74) is 8.64. The Morgan fingerprint density at radius 1 is 0.657 bits per heavy atom. The van der Waals surface area contributed by atoms with Crippen molar-refractivity contribution in [2.24, 2.45) is 0 Å². The molecule has 0 N–H and O–H groups in total. The number of allylic oxidation sites excluding steroid dienone is 4. The van der Waals surface area contributed by atoms with Crippen LogP contribution >= 0.6 is 0 Å². The molecule has 182 valence electrons. The van der Waals surface area contributed by atoms with Crippen molar-refractivity contribution < 1.29 is 0 Å². The van der Waals surface area contributed by atoms with Crippen LogP contribution in [0.25, 0.3) is 0 Å². The molecule has 4 rings (SSSR count). The molecule has 35 heavy (non-hydrogen) atoms. The van der Waals surface area contributed by atoms with Gasteiger partial charge in [0, 0.05) is 5.04 Å². The van der Waals surface area contributed by atoms with Gasteiger partial charge >= 0.3 is 0 Å². The maximum atomic E-state index is 2.62. The van der Waals surface area contributed by atoms with E-state index in [1.54, 1.807) is 15.6 Å². The molecule has 0 bridgehead atoms. The molecule has 2 unspecified atom stereocenters. The molecule has 0 fully saturated rings. The van der Waals surface area contributed by atoms with Gasteiger partial charge in [0.05, 0.1) is 8.07 Å². The van der Waals surface area contributed by atoms with Crippen LogP contribution in [0.3, 0.4) is 0 Å². The number of hydrogen-bond donors (Lipinski definition) is 0. The highest BCUT2D eigenvalue weighted by molar-refractivity contribution is 7.14. The van der Waals surface area contributed by atoms with Gasteiger partial charge in [0.1, 0.15) is 0 Å². The van der Waals surface area contributed by atoms with Crippen LogP contribution in [-0.2, 0) is 0 Å². The largest absolute Gasteiger partial charge is 0.162 e. The van der Waals surface area contributed by atoms with Crippen molar-refractivity contribution in [1.29, 1.82) is 0 Å². The maximum absolute atomic E-state index is 2.62. The van der Waals surface area contributed by atoms with Gasteiger partial charge in [0.15, 0.2) is 8.07 Å². The highest BCUT2D eigenvalue weighted by atomic mass is 28.3. The van der Waals surface area contributed by atoms with Crippen molar-refractivity contribution in [1.82, 2.24) is 0 Å². The molecule has 0 heterocycles. The van der Waals surface area contributed by atoms with Crippen LogP contribution in [0.2, 0.25) is 24.7 Å². The molecule has 1 aliphatic rings. The second-order valence-electron chi connectivity index (χ2n) is 12.0. The summed E-state index contributed by atoms with van der Waals surface area (Å²) in [7, 11) is -4.11. The Bertz CT molecular complexity index is 1340. The van der Waals surface area contributed by atoms with Gasteiger partial charge in [0.25, 0.3) is 0 Å². The lowest BCUT2D eigenvalue weighted by Crippen LogP contribution is -2.74. The maximum Gasteiger partial charge on any atom is 0.162 e. The number of benzene rings is 3. The van der Waals surface area contributed by atoms with Crippen molar-refractivity contribution in [2.45, 2.75) is 73.1 Å². The highest BCUT2D eigenvalue weighted by Gasteiger charge is 2.56. The molecule has 0 amide bonds. The SMILES string of the molecule is CC1=CC(C)([Si](c2ccccc2)(c2cc(C)cc([Si](C)(C)C)c2)c2cccc(C)c2C)C(C)=C1C. The zero-order valence-corrected chi connectivity index (χ0v) is 25.4. The molecule has 0 spiro atoms. The van der Waals surface area contributed by atoms with Crippen molar-refractivity contribution >= 4 is 36.9 Å². The van der Waals surface area contributed by atoms with Gasteiger partial charge in [-0.3, -0.25) is 0 Å². The Kier molecular flexibility index (Phi) is 6.53. The lowest BCUT2D eigenvalue weighted by molar-refractivity contribution is 0.870. The van der Waals surface area contributed by atoms with E-state index >= 15 is 0 Å².